The van der Waals surface area contributed by atoms with E-state index in [9.17, 15) is 4.79 Å². The number of halogens is 2. The lowest BCUT2D eigenvalue weighted by atomic mass is 10.2. The first kappa shape index (κ1) is 13.8. The molecule has 2 aromatic rings. The lowest BCUT2D eigenvalue weighted by molar-refractivity contribution is 0.0946. The molecule has 3 N–H and O–H groups in total. The van der Waals surface area contributed by atoms with Crippen LogP contribution in [0, 0.1) is 0 Å². The van der Waals surface area contributed by atoms with Crippen molar-refractivity contribution in [3.8, 4) is 0 Å². The Morgan fingerprint density at radius 2 is 1.95 bits per heavy atom. The molecule has 1 aromatic heterocycles. The van der Waals surface area contributed by atoms with Gasteiger partial charge < -0.3 is 11.1 Å². The van der Waals surface area contributed by atoms with E-state index in [-0.39, 0.29) is 22.4 Å². The molecule has 0 fully saturated rings. The van der Waals surface area contributed by atoms with Crippen LogP contribution in [0.4, 0.5) is 5.82 Å². The summed E-state index contributed by atoms with van der Waals surface area (Å²) in [6.45, 7) is 0.402. The highest BCUT2D eigenvalue weighted by molar-refractivity contribution is 9.10. The molecule has 0 saturated carbocycles. The molecular formula is C13H11BrClN3O. The normalized spacial score (nSPS) is 10.2. The lowest BCUT2D eigenvalue weighted by Gasteiger charge is -2.07. The Hall–Kier alpha value is -1.59. The van der Waals surface area contributed by atoms with E-state index in [1.807, 2.05) is 24.3 Å². The SMILES string of the molecule is Nc1ccc(Cl)c(C(=O)NCc2ccc(Br)cc2)n1. The van der Waals surface area contributed by atoms with Crippen LogP contribution in [0.3, 0.4) is 0 Å². The Morgan fingerprint density at radius 1 is 1.26 bits per heavy atom. The van der Waals surface area contributed by atoms with Gasteiger partial charge in [0.15, 0.2) is 0 Å². The number of carbonyl (C=O) groups is 1. The monoisotopic (exact) mass is 339 g/mol. The van der Waals surface area contributed by atoms with Crippen molar-refractivity contribution in [1.82, 2.24) is 10.3 Å². The predicted molar refractivity (Wildman–Crippen MR) is 79.0 cm³/mol. The van der Waals surface area contributed by atoms with Crippen molar-refractivity contribution in [3.63, 3.8) is 0 Å². The Kier molecular flexibility index (Phi) is 4.39. The van der Waals surface area contributed by atoms with E-state index in [1.54, 1.807) is 12.1 Å². The topological polar surface area (TPSA) is 68.0 Å². The van der Waals surface area contributed by atoms with Gasteiger partial charge in [-0.05, 0) is 29.8 Å². The number of nitrogens with two attached hydrogens (primary N) is 1. The quantitative estimate of drug-likeness (QED) is 0.902. The van der Waals surface area contributed by atoms with Crippen molar-refractivity contribution >= 4 is 39.3 Å². The first-order valence-corrected chi connectivity index (χ1v) is 6.68. The second-order valence-electron chi connectivity index (χ2n) is 3.88. The summed E-state index contributed by atoms with van der Waals surface area (Å²) in [7, 11) is 0. The highest BCUT2D eigenvalue weighted by Gasteiger charge is 2.12. The molecule has 0 saturated heterocycles. The molecule has 98 valence electrons. The molecule has 0 atom stereocenters. The number of rotatable bonds is 3. The van der Waals surface area contributed by atoms with Crippen LogP contribution in [-0.4, -0.2) is 10.9 Å². The molecule has 0 bridgehead atoms. The van der Waals surface area contributed by atoms with Crippen molar-refractivity contribution in [2.45, 2.75) is 6.54 Å². The van der Waals surface area contributed by atoms with E-state index in [2.05, 4.69) is 26.2 Å². The van der Waals surface area contributed by atoms with Crippen LogP contribution in [0.2, 0.25) is 5.02 Å². The number of benzene rings is 1. The summed E-state index contributed by atoms with van der Waals surface area (Å²) in [5.74, 6) is -0.0848. The van der Waals surface area contributed by atoms with Gasteiger partial charge in [-0.1, -0.05) is 39.7 Å². The fourth-order valence-corrected chi connectivity index (χ4v) is 1.94. The average molecular weight is 341 g/mol. The zero-order chi connectivity index (χ0) is 13.8. The fourth-order valence-electron chi connectivity index (χ4n) is 1.48. The Bertz CT molecular complexity index is 601. The van der Waals surface area contributed by atoms with Crippen LogP contribution in [0.15, 0.2) is 40.9 Å². The highest BCUT2D eigenvalue weighted by atomic mass is 79.9. The number of nitrogens with zero attached hydrogens (tertiary/aromatic N) is 1. The number of aromatic nitrogens is 1. The van der Waals surface area contributed by atoms with E-state index in [0.29, 0.717) is 6.54 Å². The molecule has 0 radical (unpaired) electrons. The molecule has 19 heavy (non-hydrogen) atoms. The Labute approximate surface area is 124 Å². The highest BCUT2D eigenvalue weighted by Crippen LogP contribution is 2.15. The van der Waals surface area contributed by atoms with Gasteiger partial charge in [-0.15, -0.1) is 0 Å². The molecule has 0 aliphatic rings. The minimum Gasteiger partial charge on any atom is -0.384 e. The van der Waals surface area contributed by atoms with Gasteiger partial charge in [-0.3, -0.25) is 4.79 Å². The standard InChI is InChI=1S/C13H11BrClN3O/c14-9-3-1-8(2-4-9)7-17-13(19)12-10(15)5-6-11(16)18-12/h1-6H,7H2,(H2,16,18)(H,17,19). The van der Waals surface area contributed by atoms with Gasteiger partial charge in [-0.25, -0.2) is 4.98 Å². The molecule has 0 unspecified atom stereocenters. The lowest BCUT2D eigenvalue weighted by Crippen LogP contribution is -2.24. The molecular weight excluding hydrogens is 330 g/mol. The smallest absolute Gasteiger partial charge is 0.271 e. The molecule has 4 nitrogen and oxygen atoms in total. The van der Waals surface area contributed by atoms with Gasteiger partial charge in [-0.2, -0.15) is 0 Å². The third kappa shape index (κ3) is 3.68. The van der Waals surface area contributed by atoms with Gasteiger partial charge >= 0.3 is 0 Å². The first-order chi connectivity index (χ1) is 9.06. The number of nitrogens with one attached hydrogen (secondary N) is 1. The minimum absolute atomic E-state index is 0.138. The summed E-state index contributed by atoms with van der Waals surface area (Å²) in [4.78, 5) is 15.9. The van der Waals surface area contributed by atoms with Crippen LogP contribution >= 0.6 is 27.5 Å². The van der Waals surface area contributed by atoms with Crippen LogP contribution in [0.5, 0.6) is 0 Å². The summed E-state index contributed by atoms with van der Waals surface area (Å²) in [6, 6.07) is 10.8. The van der Waals surface area contributed by atoms with Crippen LogP contribution in [0.25, 0.3) is 0 Å². The van der Waals surface area contributed by atoms with Crippen LogP contribution < -0.4 is 11.1 Å². The van der Waals surface area contributed by atoms with Gasteiger partial charge in [0.1, 0.15) is 11.5 Å². The molecule has 0 aliphatic heterocycles. The Balaban J connectivity index is 2.05. The molecule has 1 amide bonds. The molecule has 0 aliphatic carbocycles. The zero-order valence-electron chi connectivity index (χ0n) is 9.86. The van der Waals surface area contributed by atoms with Gasteiger partial charge in [0, 0.05) is 11.0 Å². The van der Waals surface area contributed by atoms with Gasteiger partial charge in [0.05, 0.1) is 5.02 Å². The molecule has 0 spiro atoms. The van der Waals surface area contributed by atoms with E-state index < -0.39 is 0 Å². The molecule has 2 rings (SSSR count). The minimum atomic E-state index is -0.347. The number of amides is 1. The summed E-state index contributed by atoms with van der Waals surface area (Å²) < 4.78 is 0.989. The summed E-state index contributed by atoms with van der Waals surface area (Å²) >= 11 is 9.26. The fraction of sp³-hybridized carbons (Fsp3) is 0.0769. The van der Waals surface area contributed by atoms with Crippen LogP contribution in [-0.2, 0) is 6.54 Å². The first-order valence-electron chi connectivity index (χ1n) is 5.51. The maximum absolute atomic E-state index is 11.9. The van der Waals surface area contributed by atoms with E-state index in [0.717, 1.165) is 10.0 Å². The van der Waals surface area contributed by atoms with Gasteiger partial charge in [0.25, 0.3) is 5.91 Å². The maximum Gasteiger partial charge on any atom is 0.271 e. The predicted octanol–water partition coefficient (Wildman–Crippen LogP) is 3.01. The number of nitrogen functional groups attached to an aromatic ring is 1. The number of hydrogen-bond donors (Lipinski definition) is 2. The number of anilines is 1. The summed E-state index contributed by atoms with van der Waals surface area (Å²) in [5.41, 5.74) is 6.65. The van der Waals surface area contributed by atoms with E-state index in [4.69, 9.17) is 17.3 Å². The second kappa shape index (κ2) is 6.04. The van der Waals surface area contributed by atoms with Crippen molar-refractivity contribution in [1.29, 1.82) is 0 Å². The largest absolute Gasteiger partial charge is 0.384 e. The second-order valence-corrected chi connectivity index (χ2v) is 5.20. The summed E-state index contributed by atoms with van der Waals surface area (Å²) in [6.07, 6.45) is 0. The van der Waals surface area contributed by atoms with Crippen molar-refractivity contribution in [2.24, 2.45) is 0 Å². The summed E-state index contributed by atoms with van der Waals surface area (Å²) in [5, 5.41) is 3.03. The molecule has 1 aromatic carbocycles. The van der Waals surface area contributed by atoms with E-state index >= 15 is 0 Å². The third-order valence-electron chi connectivity index (χ3n) is 2.45. The van der Waals surface area contributed by atoms with E-state index in [1.165, 1.54) is 0 Å². The van der Waals surface area contributed by atoms with Crippen molar-refractivity contribution in [2.75, 3.05) is 5.73 Å². The zero-order valence-corrected chi connectivity index (χ0v) is 12.2. The van der Waals surface area contributed by atoms with Crippen LogP contribution in [0.1, 0.15) is 16.1 Å². The number of pyridine rings is 1. The van der Waals surface area contributed by atoms with Crippen molar-refractivity contribution < 1.29 is 4.79 Å². The van der Waals surface area contributed by atoms with Gasteiger partial charge in [0.2, 0.25) is 0 Å². The number of carbonyl (C=O) groups excluding carboxylic acids is 1. The maximum atomic E-state index is 11.9. The average Bonchev–Trinajstić information content (AvgIpc) is 2.40. The third-order valence-corrected chi connectivity index (χ3v) is 3.28. The Morgan fingerprint density at radius 3 is 2.63 bits per heavy atom. The molecule has 6 heteroatoms. The number of hydrogen-bond acceptors (Lipinski definition) is 3. The van der Waals surface area contributed by atoms with Crippen molar-refractivity contribution in [3.05, 3.63) is 57.2 Å². The molecule has 1 heterocycles.